The molecule has 2 heterocycles. The van der Waals surface area contributed by atoms with Crippen molar-refractivity contribution in [2.24, 2.45) is 5.41 Å². The quantitative estimate of drug-likeness (QED) is 0.887. The number of hydrogen-bond donors (Lipinski definition) is 1. The first-order valence-electron chi connectivity index (χ1n) is 8.46. The highest BCUT2D eigenvalue weighted by molar-refractivity contribution is 5.86. The first-order valence-corrected chi connectivity index (χ1v) is 8.46. The number of fused-ring (bicyclic) bond motifs is 1. The van der Waals surface area contributed by atoms with Crippen molar-refractivity contribution in [1.82, 2.24) is 4.90 Å². The van der Waals surface area contributed by atoms with Crippen LogP contribution >= 0.6 is 0 Å². The largest absolute Gasteiger partial charge is 0.481 e. The van der Waals surface area contributed by atoms with Gasteiger partial charge in [-0.1, -0.05) is 18.2 Å². The molecule has 3 rings (SSSR count). The Balaban J connectivity index is 1.91. The summed E-state index contributed by atoms with van der Waals surface area (Å²) >= 11 is 0. The van der Waals surface area contributed by atoms with Crippen LogP contribution in [0, 0.1) is 5.41 Å². The number of ether oxygens (including phenoxy) is 1. The zero-order valence-corrected chi connectivity index (χ0v) is 14.3. The SMILES string of the molecule is CC(C(=O)N1CCC[C@]2(C(=O)O)COC[C@@H]12)c1ccccc1C(F)(F)F. The number of aliphatic carboxylic acids is 1. The summed E-state index contributed by atoms with van der Waals surface area (Å²) in [6.45, 7) is 1.86. The summed E-state index contributed by atoms with van der Waals surface area (Å²) in [6, 6.07) is 4.34. The summed E-state index contributed by atoms with van der Waals surface area (Å²) in [4.78, 5) is 26.2. The molecule has 0 radical (unpaired) electrons. The van der Waals surface area contributed by atoms with E-state index in [1.807, 2.05) is 0 Å². The first-order chi connectivity index (χ1) is 12.2. The third-order valence-corrected chi connectivity index (χ3v) is 5.48. The van der Waals surface area contributed by atoms with Crippen molar-refractivity contribution in [2.75, 3.05) is 19.8 Å². The molecule has 3 atom stereocenters. The molecule has 0 bridgehead atoms. The van der Waals surface area contributed by atoms with Gasteiger partial charge in [0.1, 0.15) is 5.41 Å². The van der Waals surface area contributed by atoms with Crippen molar-refractivity contribution in [3.8, 4) is 0 Å². The van der Waals surface area contributed by atoms with Gasteiger partial charge in [0, 0.05) is 6.54 Å². The molecule has 142 valence electrons. The Bertz CT molecular complexity index is 721. The second kappa shape index (κ2) is 6.57. The number of carboxylic acid groups (broad SMARTS) is 1. The number of alkyl halides is 3. The number of carbonyl (C=O) groups is 2. The average Bonchev–Trinajstić information content (AvgIpc) is 3.05. The monoisotopic (exact) mass is 371 g/mol. The molecule has 2 aliphatic heterocycles. The highest BCUT2D eigenvalue weighted by Crippen LogP contribution is 2.43. The van der Waals surface area contributed by atoms with E-state index in [2.05, 4.69) is 0 Å². The minimum atomic E-state index is -4.56. The van der Waals surface area contributed by atoms with E-state index in [0.717, 1.165) is 6.07 Å². The number of nitrogens with zero attached hydrogens (tertiary/aromatic N) is 1. The highest BCUT2D eigenvalue weighted by atomic mass is 19.4. The minimum absolute atomic E-state index is 0.0182. The summed E-state index contributed by atoms with van der Waals surface area (Å²) in [6.07, 6.45) is -3.69. The van der Waals surface area contributed by atoms with Crippen LogP contribution in [0.15, 0.2) is 24.3 Å². The number of amides is 1. The van der Waals surface area contributed by atoms with E-state index < -0.39 is 41.0 Å². The lowest BCUT2D eigenvalue weighted by Crippen LogP contribution is -2.58. The van der Waals surface area contributed by atoms with Crippen LogP contribution in [0.5, 0.6) is 0 Å². The molecule has 0 aliphatic carbocycles. The van der Waals surface area contributed by atoms with Crippen LogP contribution in [0.3, 0.4) is 0 Å². The van der Waals surface area contributed by atoms with E-state index in [4.69, 9.17) is 4.74 Å². The first kappa shape index (κ1) is 18.7. The van der Waals surface area contributed by atoms with Crippen molar-refractivity contribution >= 4 is 11.9 Å². The molecule has 0 aromatic heterocycles. The average molecular weight is 371 g/mol. The van der Waals surface area contributed by atoms with Crippen LogP contribution in [0.25, 0.3) is 0 Å². The molecular formula is C18H20F3NO4. The maximum absolute atomic E-state index is 13.3. The van der Waals surface area contributed by atoms with Gasteiger partial charge in [-0.05, 0) is 31.4 Å². The molecule has 2 fully saturated rings. The molecule has 26 heavy (non-hydrogen) atoms. The third kappa shape index (κ3) is 2.96. The second-order valence-corrected chi connectivity index (χ2v) is 6.93. The summed E-state index contributed by atoms with van der Waals surface area (Å²) in [5.74, 6) is -2.55. The van der Waals surface area contributed by atoms with Crippen LogP contribution in [-0.2, 0) is 20.5 Å². The van der Waals surface area contributed by atoms with Crippen molar-refractivity contribution in [1.29, 1.82) is 0 Å². The Hall–Kier alpha value is -2.09. The van der Waals surface area contributed by atoms with E-state index in [-0.39, 0.29) is 18.8 Å². The van der Waals surface area contributed by atoms with E-state index in [0.29, 0.717) is 19.4 Å². The van der Waals surface area contributed by atoms with Crippen molar-refractivity contribution in [3.05, 3.63) is 35.4 Å². The fourth-order valence-electron chi connectivity index (χ4n) is 4.05. The van der Waals surface area contributed by atoms with Gasteiger partial charge >= 0.3 is 12.1 Å². The van der Waals surface area contributed by atoms with Crippen LogP contribution in [0.1, 0.15) is 36.8 Å². The van der Waals surface area contributed by atoms with Crippen molar-refractivity contribution in [3.63, 3.8) is 0 Å². The summed E-state index contributed by atoms with van der Waals surface area (Å²) < 4.78 is 45.2. The molecule has 2 saturated heterocycles. The van der Waals surface area contributed by atoms with Gasteiger partial charge < -0.3 is 14.7 Å². The fraction of sp³-hybridized carbons (Fsp3) is 0.556. The van der Waals surface area contributed by atoms with Gasteiger partial charge in [-0.2, -0.15) is 13.2 Å². The fourth-order valence-corrected chi connectivity index (χ4v) is 4.05. The number of hydrogen-bond acceptors (Lipinski definition) is 3. The smallest absolute Gasteiger partial charge is 0.416 e. The lowest BCUT2D eigenvalue weighted by atomic mass is 9.75. The number of likely N-dealkylation sites (tertiary alicyclic amines) is 1. The number of benzene rings is 1. The summed E-state index contributed by atoms with van der Waals surface area (Å²) in [5, 5.41) is 9.64. The van der Waals surface area contributed by atoms with Crippen LogP contribution in [-0.4, -0.2) is 47.7 Å². The Morgan fingerprint density at radius 1 is 1.35 bits per heavy atom. The minimum Gasteiger partial charge on any atom is -0.481 e. The maximum atomic E-state index is 13.3. The second-order valence-electron chi connectivity index (χ2n) is 6.93. The molecule has 1 unspecified atom stereocenters. The van der Waals surface area contributed by atoms with Crippen molar-refractivity contribution < 1.29 is 32.6 Å². The van der Waals surface area contributed by atoms with Gasteiger partial charge in [0.05, 0.1) is 30.7 Å². The molecule has 0 spiro atoms. The highest BCUT2D eigenvalue weighted by Gasteiger charge is 2.56. The molecule has 8 heteroatoms. The molecular weight excluding hydrogens is 351 g/mol. The van der Waals surface area contributed by atoms with Crippen LogP contribution in [0.2, 0.25) is 0 Å². The number of carbonyl (C=O) groups excluding carboxylic acids is 1. The Morgan fingerprint density at radius 2 is 2.04 bits per heavy atom. The van der Waals surface area contributed by atoms with Gasteiger partial charge in [-0.15, -0.1) is 0 Å². The lowest BCUT2D eigenvalue weighted by Gasteiger charge is -2.43. The van der Waals surface area contributed by atoms with Gasteiger partial charge in [0.15, 0.2) is 0 Å². The van der Waals surface area contributed by atoms with Crippen LogP contribution in [0.4, 0.5) is 13.2 Å². The van der Waals surface area contributed by atoms with E-state index in [9.17, 15) is 27.9 Å². The number of carboxylic acids is 1. The molecule has 5 nitrogen and oxygen atoms in total. The Kier molecular flexibility index (Phi) is 4.72. The predicted molar refractivity (Wildman–Crippen MR) is 85.5 cm³/mol. The van der Waals surface area contributed by atoms with Gasteiger partial charge in [0.2, 0.25) is 5.91 Å². The molecule has 1 aromatic rings. The van der Waals surface area contributed by atoms with Crippen molar-refractivity contribution in [2.45, 2.75) is 37.9 Å². The maximum Gasteiger partial charge on any atom is 0.416 e. The summed E-state index contributed by atoms with van der Waals surface area (Å²) in [7, 11) is 0. The third-order valence-electron chi connectivity index (χ3n) is 5.48. The van der Waals surface area contributed by atoms with E-state index in [1.54, 1.807) is 0 Å². The number of piperidine rings is 1. The zero-order chi connectivity index (χ0) is 19.1. The zero-order valence-electron chi connectivity index (χ0n) is 14.3. The summed E-state index contributed by atoms with van der Waals surface area (Å²) in [5.41, 5.74) is -2.11. The number of halogens is 3. The molecule has 2 aliphatic rings. The van der Waals surface area contributed by atoms with Crippen LogP contribution < -0.4 is 0 Å². The predicted octanol–water partition coefficient (Wildman–Crippen LogP) is 2.90. The lowest BCUT2D eigenvalue weighted by molar-refractivity contribution is -0.157. The molecule has 1 amide bonds. The van der Waals surface area contributed by atoms with E-state index >= 15 is 0 Å². The molecule has 0 saturated carbocycles. The van der Waals surface area contributed by atoms with Gasteiger partial charge in [-0.3, -0.25) is 9.59 Å². The molecule has 1 N–H and O–H groups in total. The van der Waals surface area contributed by atoms with E-state index in [1.165, 1.54) is 30.0 Å². The molecule has 1 aromatic carbocycles. The van der Waals surface area contributed by atoms with Gasteiger partial charge in [0.25, 0.3) is 0 Å². The number of rotatable bonds is 3. The van der Waals surface area contributed by atoms with Gasteiger partial charge in [-0.25, -0.2) is 0 Å². The Morgan fingerprint density at radius 3 is 2.69 bits per heavy atom. The normalized spacial score (nSPS) is 27.1. The Labute approximate surface area is 148 Å². The topological polar surface area (TPSA) is 66.8 Å². The standard InChI is InChI=1S/C18H20F3NO4/c1-11(12-5-2-3-6-13(12)18(19,20)21)15(23)22-8-4-7-17(16(24)25)10-26-9-14(17)22/h2-3,5-6,11,14H,4,7-10H2,1H3,(H,24,25)/t11?,14-,17+/m1/s1.